The predicted molar refractivity (Wildman–Crippen MR) is 67.7 cm³/mol. The third-order valence-electron chi connectivity index (χ3n) is 2.83. The van der Waals surface area contributed by atoms with Crippen molar-refractivity contribution < 1.29 is 0 Å². The zero-order valence-electron chi connectivity index (χ0n) is 9.81. The Labute approximate surface area is 95.5 Å². The highest BCUT2D eigenvalue weighted by Gasteiger charge is 2.03. The van der Waals surface area contributed by atoms with E-state index in [0.717, 1.165) is 23.9 Å². The van der Waals surface area contributed by atoms with Gasteiger partial charge in [0, 0.05) is 12.6 Å². The minimum atomic E-state index is 0.0966. The average Bonchev–Trinajstić information content (AvgIpc) is 2.27. The van der Waals surface area contributed by atoms with E-state index in [4.69, 9.17) is 0 Å². The first-order valence-electron chi connectivity index (χ1n) is 5.77. The van der Waals surface area contributed by atoms with E-state index in [0.29, 0.717) is 5.92 Å². The molecule has 0 aliphatic heterocycles. The molecule has 0 saturated carbocycles. The number of pyridine rings is 1. The zero-order chi connectivity index (χ0) is 11.5. The van der Waals surface area contributed by atoms with Crippen LogP contribution in [-0.4, -0.2) is 4.57 Å². The molecule has 1 heterocycles. The molecule has 84 valence electrons. The van der Waals surface area contributed by atoms with Gasteiger partial charge in [0.25, 0.3) is 5.56 Å². The summed E-state index contributed by atoms with van der Waals surface area (Å²) >= 11 is 0. The molecule has 0 radical (unpaired) electrons. The van der Waals surface area contributed by atoms with E-state index in [1.165, 1.54) is 0 Å². The third-order valence-corrected chi connectivity index (χ3v) is 2.83. The van der Waals surface area contributed by atoms with Crippen LogP contribution in [0.4, 0.5) is 0 Å². The van der Waals surface area contributed by atoms with Gasteiger partial charge in [-0.05, 0) is 29.9 Å². The molecule has 0 aliphatic carbocycles. The molecule has 1 aromatic carbocycles. The number of aromatic nitrogens is 1. The monoisotopic (exact) mass is 215 g/mol. The molecular weight excluding hydrogens is 198 g/mol. The van der Waals surface area contributed by atoms with Gasteiger partial charge in [0.15, 0.2) is 0 Å². The van der Waals surface area contributed by atoms with E-state index in [1.807, 2.05) is 34.9 Å². The van der Waals surface area contributed by atoms with Crippen LogP contribution in [0.3, 0.4) is 0 Å². The summed E-state index contributed by atoms with van der Waals surface area (Å²) in [6.45, 7) is 5.16. The summed E-state index contributed by atoms with van der Waals surface area (Å²) in [7, 11) is 0. The van der Waals surface area contributed by atoms with Crippen LogP contribution < -0.4 is 5.56 Å². The Hall–Kier alpha value is -1.57. The SMILES string of the molecule is CC(C)CCn1c(=O)ccc2ccccc21. The van der Waals surface area contributed by atoms with Crippen LogP contribution in [0.2, 0.25) is 0 Å². The Morgan fingerprint density at radius 2 is 1.88 bits per heavy atom. The van der Waals surface area contributed by atoms with Gasteiger partial charge in [0.2, 0.25) is 0 Å². The van der Waals surface area contributed by atoms with Crippen LogP contribution >= 0.6 is 0 Å². The molecule has 16 heavy (non-hydrogen) atoms. The molecule has 0 N–H and O–H groups in total. The molecule has 2 rings (SSSR count). The number of aryl methyl sites for hydroxylation is 1. The Morgan fingerprint density at radius 1 is 1.12 bits per heavy atom. The molecule has 0 unspecified atom stereocenters. The molecule has 2 aromatic rings. The van der Waals surface area contributed by atoms with Gasteiger partial charge in [0.1, 0.15) is 0 Å². The van der Waals surface area contributed by atoms with Crippen molar-refractivity contribution in [1.29, 1.82) is 0 Å². The minimum Gasteiger partial charge on any atom is -0.308 e. The summed E-state index contributed by atoms with van der Waals surface area (Å²) in [5.74, 6) is 0.617. The molecular formula is C14H17NO. The second-order valence-electron chi connectivity index (χ2n) is 4.56. The van der Waals surface area contributed by atoms with Crippen molar-refractivity contribution >= 4 is 10.9 Å². The topological polar surface area (TPSA) is 22.0 Å². The van der Waals surface area contributed by atoms with Crippen molar-refractivity contribution in [2.24, 2.45) is 5.92 Å². The molecule has 0 bridgehead atoms. The maximum atomic E-state index is 11.8. The zero-order valence-corrected chi connectivity index (χ0v) is 9.81. The maximum absolute atomic E-state index is 11.8. The molecule has 0 saturated heterocycles. The molecule has 2 heteroatoms. The van der Waals surface area contributed by atoms with E-state index in [1.54, 1.807) is 6.07 Å². The highest BCUT2D eigenvalue weighted by Crippen LogP contribution is 2.12. The van der Waals surface area contributed by atoms with Gasteiger partial charge in [-0.3, -0.25) is 4.79 Å². The van der Waals surface area contributed by atoms with Gasteiger partial charge in [0.05, 0.1) is 5.52 Å². The van der Waals surface area contributed by atoms with Gasteiger partial charge < -0.3 is 4.57 Å². The number of para-hydroxylation sites is 1. The number of benzene rings is 1. The van der Waals surface area contributed by atoms with Crippen LogP contribution in [0.5, 0.6) is 0 Å². The molecule has 0 amide bonds. The first kappa shape index (κ1) is 10.9. The van der Waals surface area contributed by atoms with Crippen molar-refractivity contribution in [3.63, 3.8) is 0 Å². The fourth-order valence-corrected chi connectivity index (χ4v) is 1.86. The van der Waals surface area contributed by atoms with Crippen LogP contribution in [0.15, 0.2) is 41.2 Å². The van der Waals surface area contributed by atoms with Gasteiger partial charge in [-0.1, -0.05) is 32.0 Å². The highest BCUT2D eigenvalue weighted by molar-refractivity contribution is 5.78. The van der Waals surface area contributed by atoms with Crippen LogP contribution in [-0.2, 0) is 6.54 Å². The van der Waals surface area contributed by atoms with E-state index in [-0.39, 0.29) is 5.56 Å². The minimum absolute atomic E-state index is 0.0966. The number of rotatable bonds is 3. The lowest BCUT2D eigenvalue weighted by Crippen LogP contribution is -2.20. The van der Waals surface area contributed by atoms with Crippen molar-refractivity contribution in [3.8, 4) is 0 Å². The summed E-state index contributed by atoms with van der Waals surface area (Å²) in [5, 5.41) is 1.13. The van der Waals surface area contributed by atoms with Crippen LogP contribution in [0.1, 0.15) is 20.3 Å². The Balaban J connectivity index is 2.49. The number of fused-ring (bicyclic) bond motifs is 1. The number of nitrogens with zero attached hydrogens (tertiary/aromatic N) is 1. The summed E-state index contributed by atoms with van der Waals surface area (Å²) in [6.07, 6.45) is 1.04. The Bertz CT molecular complexity index is 540. The fourth-order valence-electron chi connectivity index (χ4n) is 1.86. The summed E-state index contributed by atoms with van der Waals surface area (Å²) < 4.78 is 1.87. The van der Waals surface area contributed by atoms with Gasteiger partial charge in [-0.15, -0.1) is 0 Å². The van der Waals surface area contributed by atoms with Crippen molar-refractivity contribution in [2.75, 3.05) is 0 Å². The van der Waals surface area contributed by atoms with E-state index in [2.05, 4.69) is 13.8 Å². The fraction of sp³-hybridized carbons (Fsp3) is 0.357. The molecule has 0 atom stereocenters. The van der Waals surface area contributed by atoms with Crippen molar-refractivity contribution in [1.82, 2.24) is 4.57 Å². The van der Waals surface area contributed by atoms with Crippen molar-refractivity contribution in [3.05, 3.63) is 46.8 Å². The van der Waals surface area contributed by atoms with Crippen LogP contribution in [0, 0.1) is 5.92 Å². The maximum Gasteiger partial charge on any atom is 0.251 e. The highest BCUT2D eigenvalue weighted by atomic mass is 16.1. The molecule has 0 aliphatic rings. The first-order chi connectivity index (χ1) is 7.68. The average molecular weight is 215 g/mol. The van der Waals surface area contributed by atoms with Crippen molar-refractivity contribution in [2.45, 2.75) is 26.8 Å². The van der Waals surface area contributed by atoms with Gasteiger partial charge in [-0.25, -0.2) is 0 Å². The quantitative estimate of drug-likeness (QED) is 0.771. The summed E-state index contributed by atoms with van der Waals surface area (Å²) in [5.41, 5.74) is 1.13. The van der Waals surface area contributed by atoms with E-state index in [9.17, 15) is 4.79 Å². The normalized spacial score (nSPS) is 11.2. The second kappa shape index (κ2) is 4.52. The second-order valence-corrected chi connectivity index (χ2v) is 4.56. The van der Waals surface area contributed by atoms with Crippen LogP contribution in [0.25, 0.3) is 10.9 Å². The molecule has 0 spiro atoms. The molecule has 0 fully saturated rings. The standard InChI is InChI=1S/C14H17NO/c1-11(2)9-10-15-13-6-4-3-5-12(13)7-8-14(15)16/h3-8,11H,9-10H2,1-2H3. The number of hydrogen-bond acceptors (Lipinski definition) is 1. The summed E-state index contributed by atoms with van der Waals surface area (Å²) in [4.78, 5) is 11.8. The molecule has 2 nitrogen and oxygen atoms in total. The molecule has 1 aromatic heterocycles. The largest absolute Gasteiger partial charge is 0.308 e. The van der Waals surface area contributed by atoms with Gasteiger partial charge in [-0.2, -0.15) is 0 Å². The predicted octanol–water partition coefficient (Wildman–Crippen LogP) is 3.05. The lowest BCUT2D eigenvalue weighted by molar-refractivity contribution is 0.517. The Morgan fingerprint density at radius 3 is 2.62 bits per heavy atom. The first-order valence-corrected chi connectivity index (χ1v) is 5.77. The lowest BCUT2D eigenvalue weighted by Gasteiger charge is -2.11. The summed E-state index contributed by atoms with van der Waals surface area (Å²) in [6, 6.07) is 11.6. The smallest absolute Gasteiger partial charge is 0.251 e. The van der Waals surface area contributed by atoms with E-state index < -0.39 is 0 Å². The van der Waals surface area contributed by atoms with Gasteiger partial charge >= 0.3 is 0 Å². The number of hydrogen-bond donors (Lipinski definition) is 0. The van der Waals surface area contributed by atoms with E-state index >= 15 is 0 Å². The lowest BCUT2D eigenvalue weighted by atomic mass is 10.1. The Kier molecular flexibility index (Phi) is 3.09. The third kappa shape index (κ3) is 2.16.